The van der Waals surface area contributed by atoms with Crippen molar-refractivity contribution in [2.45, 2.75) is 86.9 Å². The summed E-state index contributed by atoms with van der Waals surface area (Å²) in [5, 5.41) is 12.3. The van der Waals surface area contributed by atoms with Crippen LogP contribution in [0.1, 0.15) is 73.8 Å². The first-order valence-corrected chi connectivity index (χ1v) is 16.1. The number of hydrogen-bond donors (Lipinski definition) is 2. The van der Waals surface area contributed by atoms with Crippen LogP contribution in [0.5, 0.6) is 0 Å². The summed E-state index contributed by atoms with van der Waals surface area (Å²) in [6.45, 7) is 3.45. The molecule has 2 saturated carbocycles. The molecule has 41 heavy (non-hydrogen) atoms. The van der Waals surface area contributed by atoms with Crippen LogP contribution in [0.25, 0.3) is 0 Å². The van der Waals surface area contributed by atoms with Gasteiger partial charge in [0.05, 0.1) is 27.5 Å². The van der Waals surface area contributed by atoms with E-state index in [-0.39, 0.29) is 36.6 Å². The number of benzene rings is 1. The maximum absolute atomic E-state index is 13.7. The first-order chi connectivity index (χ1) is 19.4. The lowest BCUT2D eigenvalue weighted by molar-refractivity contribution is -0.0222. The molecule has 2 saturated heterocycles. The van der Waals surface area contributed by atoms with Crippen LogP contribution in [0, 0.1) is 12.3 Å². The van der Waals surface area contributed by atoms with Gasteiger partial charge in [0.2, 0.25) is 5.95 Å². The summed E-state index contributed by atoms with van der Waals surface area (Å²) in [6, 6.07) is 6.21. The van der Waals surface area contributed by atoms with E-state index in [4.69, 9.17) is 0 Å². The molecule has 4 aliphatic rings. The zero-order chi connectivity index (χ0) is 29.0. The minimum absolute atomic E-state index is 0.115. The quantitative estimate of drug-likeness (QED) is 0.512. The van der Waals surface area contributed by atoms with Gasteiger partial charge >= 0.3 is 0 Å². The highest BCUT2D eigenvalue weighted by molar-refractivity contribution is 7.92. The molecule has 12 heteroatoms. The maximum Gasteiger partial charge on any atom is 0.258 e. The monoisotopic (exact) mass is 589 g/mol. The summed E-state index contributed by atoms with van der Waals surface area (Å²) < 4.78 is 54.3. The Morgan fingerprint density at radius 3 is 2.29 bits per heavy atom. The fourth-order valence-electron chi connectivity index (χ4n) is 6.46. The van der Waals surface area contributed by atoms with E-state index < -0.39 is 33.0 Å². The normalized spacial score (nSPS) is 25.4. The van der Waals surface area contributed by atoms with Crippen molar-refractivity contribution < 1.29 is 27.1 Å². The topological polar surface area (TPSA) is 116 Å². The van der Waals surface area contributed by atoms with Crippen molar-refractivity contribution >= 4 is 33.2 Å². The van der Waals surface area contributed by atoms with E-state index in [1.165, 1.54) is 18.9 Å². The summed E-state index contributed by atoms with van der Waals surface area (Å²) in [5.74, 6) is -2.59. The summed E-state index contributed by atoms with van der Waals surface area (Å²) in [5.41, 5.74) is 1.86. The number of nitrogens with zero attached hydrogens (tertiary/aromatic N) is 4. The predicted molar refractivity (Wildman–Crippen MR) is 152 cm³/mol. The van der Waals surface area contributed by atoms with Crippen LogP contribution >= 0.6 is 0 Å². The van der Waals surface area contributed by atoms with Crippen molar-refractivity contribution in [1.82, 2.24) is 9.97 Å². The van der Waals surface area contributed by atoms with Crippen LogP contribution in [0.2, 0.25) is 0 Å². The SMILES string of the molecule is Cc1cc(NC(=O)c2ccc(S(=O)(=O)[C@@H]3CCC[C@H]3O)cc2N2CCC3(CC2)CC3)nc(N2CCC(F)(F)CC2)n1. The first-order valence-electron chi connectivity index (χ1n) is 14.6. The third-order valence-corrected chi connectivity index (χ3v) is 11.6. The number of piperidine rings is 2. The third kappa shape index (κ3) is 5.77. The number of aryl methyl sites for hydroxylation is 1. The molecular weight excluding hydrogens is 552 g/mol. The Labute approximate surface area is 239 Å². The van der Waals surface area contributed by atoms with Gasteiger partial charge in [-0.1, -0.05) is 0 Å². The van der Waals surface area contributed by atoms with Gasteiger partial charge in [-0.05, 0) is 75.5 Å². The Morgan fingerprint density at radius 1 is 0.976 bits per heavy atom. The van der Waals surface area contributed by atoms with E-state index >= 15 is 0 Å². The predicted octanol–water partition coefficient (Wildman–Crippen LogP) is 4.34. The van der Waals surface area contributed by atoms with Gasteiger partial charge in [0.25, 0.3) is 11.8 Å². The molecule has 6 rings (SSSR count). The van der Waals surface area contributed by atoms with E-state index in [0.717, 1.165) is 25.9 Å². The molecule has 9 nitrogen and oxygen atoms in total. The molecule has 1 aromatic heterocycles. The van der Waals surface area contributed by atoms with Gasteiger partial charge in [-0.3, -0.25) is 4.79 Å². The summed E-state index contributed by atoms with van der Waals surface area (Å²) in [6.07, 6.45) is 4.51. The highest BCUT2D eigenvalue weighted by Crippen LogP contribution is 2.54. The summed E-state index contributed by atoms with van der Waals surface area (Å²) in [7, 11) is -3.78. The number of halogens is 2. The number of hydrogen-bond acceptors (Lipinski definition) is 8. The van der Waals surface area contributed by atoms with E-state index in [0.29, 0.717) is 47.6 Å². The van der Waals surface area contributed by atoms with Crippen molar-refractivity contribution in [3.05, 3.63) is 35.5 Å². The average Bonchev–Trinajstić information content (AvgIpc) is 3.53. The molecule has 1 amide bonds. The highest BCUT2D eigenvalue weighted by atomic mass is 32.2. The van der Waals surface area contributed by atoms with Gasteiger partial charge in [-0.2, -0.15) is 4.98 Å². The van der Waals surface area contributed by atoms with E-state index in [2.05, 4.69) is 20.2 Å². The zero-order valence-corrected chi connectivity index (χ0v) is 24.1. The maximum atomic E-state index is 13.7. The molecule has 2 aliphatic carbocycles. The van der Waals surface area contributed by atoms with Crippen LogP contribution in [-0.2, 0) is 9.84 Å². The Morgan fingerprint density at radius 2 is 1.66 bits per heavy atom. The first kappa shape index (κ1) is 28.3. The minimum Gasteiger partial charge on any atom is -0.392 e. The number of aromatic nitrogens is 2. The highest BCUT2D eigenvalue weighted by Gasteiger charge is 2.45. The second-order valence-electron chi connectivity index (χ2n) is 12.2. The van der Waals surface area contributed by atoms with Crippen molar-refractivity contribution in [2.75, 3.05) is 41.3 Å². The molecule has 1 aromatic carbocycles. The number of aliphatic hydroxyl groups is 1. The van der Waals surface area contributed by atoms with Crippen LogP contribution in [0.3, 0.4) is 0 Å². The Balaban J connectivity index is 1.28. The number of alkyl halides is 2. The number of anilines is 3. The number of carbonyl (C=O) groups is 1. The molecular formula is C29H37F2N5O4S. The molecule has 2 aromatic rings. The van der Waals surface area contributed by atoms with Gasteiger partial charge in [-0.25, -0.2) is 22.2 Å². The van der Waals surface area contributed by atoms with Crippen LogP contribution < -0.4 is 15.1 Å². The van der Waals surface area contributed by atoms with E-state index in [9.17, 15) is 27.1 Å². The van der Waals surface area contributed by atoms with Gasteiger partial charge in [0, 0.05) is 50.8 Å². The summed E-state index contributed by atoms with van der Waals surface area (Å²) >= 11 is 0. The number of sulfone groups is 1. The number of amides is 1. The van der Waals surface area contributed by atoms with Gasteiger partial charge in [0.15, 0.2) is 9.84 Å². The molecule has 222 valence electrons. The average molecular weight is 590 g/mol. The van der Waals surface area contributed by atoms with Crippen molar-refractivity contribution in [1.29, 1.82) is 0 Å². The molecule has 0 radical (unpaired) electrons. The molecule has 2 aliphatic heterocycles. The Kier molecular flexibility index (Phi) is 7.20. The molecule has 0 unspecified atom stereocenters. The summed E-state index contributed by atoms with van der Waals surface area (Å²) in [4.78, 5) is 26.4. The number of rotatable bonds is 6. The lowest BCUT2D eigenvalue weighted by Gasteiger charge is -2.35. The minimum atomic E-state index is -3.78. The fourth-order valence-corrected chi connectivity index (χ4v) is 8.37. The number of aliphatic hydroxyl groups excluding tert-OH is 1. The van der Waals surface area contributed by atoms with Crippen molar-refractivity contribution in [2.24, 2.45) is 5.41 Å². The second kappa shape index (κ2) is 10.4. The van der Waals surface area contributed by atoms with Crippen molar-refractivity contribution in [3.8, 4) is 0 Å². The molecule has 2 atom stereocenters. The van der Waals surface area contributed by atoms with E-state index in [1.54, 1.807) is 30.0 Å². The van der Waals surface area contributed by atoms with E-state index in [1.807, 2.05) is 0 Å². The van der Waals surface area contributed by atoms with Crippen LogP contribution in [-0.4, -0.2) is 72.9 Å². The number of nitrogens with one attached hydrogen (secondary N) is 1. The van der Waals surface area contributed by atoms with Crippen LogP contribution in [0.4, 0.5) is 26.2 Å². The van der Waals surface area contributed by atoms with Crippen LogP contribution in [0.15, 0.2) is 29.2 Å². The zero-order valence-electron chi connectivity index (χ0n) is 23.3. The smallest absolute Gasteiger partial charge is 0.258 e. The number of carbonyl (C=O) groups excluding carboxylic acids is 1. The molecule has 1 spiro atoms. The largest absolute Gasteiger partial charge is 0.392 e. The molecule has 0 bridgehead atoms. The standard InChI is InChI=1S/C29H37F2N5O4S/c1-19-17-25(34-27(32-19)36-15-11-29(30,31)12-16-36)33-26(38)21-6-5-20(41(39,40)24-4-2-3-23(24)37)18-22(21)35-13-9-28(7-8-28)10-14-35/h5-6,17-18,23-24,37H,2-4,7-16H2,1H3,(H,32,33,34,38)/t23-,24-/m1/s1. The molecule has 3 heterocycles. The van der Waals surface area contributed by atoms with Crippen molar-refractivity contribution in [3.63, 3.8) is 0 Å². The Bertz CT molecular complexity index is 1430. The van der Waals surface area contributed by atoms with Gasteiger partial charge in [0.1, 0.15) is 5.82 Å². The molecule has 2 N–H and O–H groups in total. The third-order valence-electron chi connectivity index (χ3n) is 9.34. The molecule has 4 fully saturated rings. The lowest BCUT2D eigenvalue weighted by Crippen LogP contribution is -2.40. The fraction of sp³-hybridized carbons (Fsp3) is 0.621. The second-order valence-corrected chi connectivity index (χ2v) is 14.4. The lowest BCUT2D eigenvalue weighted by atomic mass is 9.93. The van der Waals surface area contributed by atoms with Gasteiger partial charge in [-0.15, -0.1) is 0 Å². The van der Waals surface area contributed by atoms with Gasteiger partial charge < -0.3 is 20.2 Å². The Hall–Kier alpha value is -2.86.